The van der Waals surface area contributed by atoms with Crippen LogP contribution in [0, 0.1) is 19.8 Å². The highest BCUT2D eigenvalue weighted by Crippen LogP contribution is 2.30. The van der Waals surface area contributed by atoms with Crippen LogP contribution in [0.2, 0.25) is 0 Å². The molecule has 1 aromatic heterocycles. The molecular formula is C20H25N3O3S. The van der Waals surface area contributed by atoms with Crippen molar-refractivity contribution in [3.05, 3.63) is 46.8 Å². The average Bonchev–Trinajstić information content (AvgIpc) is 3.44. The maximum absolute atomic E-state index is 12.2. The van der Waals surface area contributed by atoms with Gasteiger partial charge in [0.25, 0.3) is 0 Å². The summed E-state index contributed by atoms with van der Waals surface area (Å²) in [6.07, 6.45) is 1.97. The minimum atomic E-state index is -0.0923. The van der Waals surface area contributed by atoms with E-state index >= 15 is 0 Å². The van der Waals surface area contributed by atoms with E-state index in [0.29, 0.717) is 11.5 Å². The molecule has 1 atom stereocenters. The lowest BCUT2D eigenvalue weighted by Crippen LogP contribution is -2.28. The molecule has 2 amide bonds. The molecule has 27 heavy (non-hydrogen) atoms. The van der Waals surface area contributed by atoms with E-state index in [1.54, 1.807) is 11.8 Å². The molecule has 7 heteroatoms. The van der Waals surface area contributed by atoms with Gasteiger partial charge in [-0.3, -0.25) is 9.59 Å². The molecule has 1 fully saturated rings. The first-order valence-electron chi connectivity index (χ1n) is 9.13. The topological polar surface area (TPSA) is 84.2 Å². The molecule has 6 nitrogen and oxygen atoms in total. The first-order chi connectivity index (χ1) is 12.9. The lowest BCUT2D eigenvalue weighted by Gasteiger charge is -2.15. The maximum atomic E-state index is 12.2. The van der Waals surface area contributed by atoms with Crippen molar-refractivity contribution in [2.24, 2.45) is 5.92 Å². The Kier molecular flexibility index (Phi) is 6.21. The number of nitrogens with zero attached hydrogens (tertiary/aromatic N) is 1. The number of hydrogen-bond acceptors (Lipinski definition) is 5. The van der Waals surface area contributed by atoms with E-state index < -0.39 is 0 Å². The van der Waals surface area contributed by atoms with Crippen molar-refractivity contribution in [2.75, 3.05) is 11.1 Å². The molecule has 0 bridgehead atoms. The number of thioether (sulfide) groups is 1. The number of nitrogens with one attached hydrogen (secondary N) is 2. The van der Waals surface area contributed by atoms with Crippen LogP contribution in [-0.2, 0) is 15.3 Å². The predicted octanol–water partition coefficient (Wildman–Crippen LogP) is 3.75. The number of amides is 2. The Bertz CT molecular complexity index is 793. The summed E-state index contributed by atoms with van der Waals surface area (Å²) in [4.78, 5) is 24.0. The van der Waals surface area contributed by atoms with E-state index in [1.807, 2.05) is 45.0 Å². The van der Waals surface area contributed by atoms with Gasteiger partial charge in [-0.15, -0.1) is 11.8 Å². The zero-order valence-corrected chi connectivity index (χ0v) is 16.7. The predicted molar refractivity (Wildman–Crippen MR) is 106 cm³/mol. The zero-order chi connectivity index (χ0) is 19.4. The third kappa shape index (κ3) is 5.35. The van der Waals surface area contributed by atoms with Crippen molar-refractivity contribution in [1.82, 2.24) is 10.5 Å². The van der Waals surface area contributed by atoms with Gasteiger partial charge >= 0.3 is 0 Å². The molecule has 3 rings (SSSR count). The molecule has 144 valence electrons. The van der Waals surface area contributed by atoms with Crippen LogP contribution in [0.4, 0.5) is 5.69 Å². The minimum absolute atomic E-state index is 0.00891. The Morgan fingerprint density at radius 3 is 2.56 bits per heavy atom. The van der Waals surface area contributed by atoms with E-state index in [9.17, 15) is 9.59 Å². The second kappa shape index (κ2) is 8.61. The quantitative estimate of drug-likeness (QED) is 0.721. The van der Waals surface area contributed by atoms with Crippen LogP contribution in [0.5, 0.6) is 0 Å². The summed E-state index contributed by atoms with van der Waals surface area (Å²) < 4.78 is 5.14. The van der Waals surface area contributed by atoms with E-state index in [1.165, 1.54) is 0 Å². The molecule has 1 aliphatic carbocycles. The fourth-order valence-electron chi connectivity index (χ4n) is 2.77. The number of hydrogen-bond donors (Lipinski definition) is 2. The summed E-state index contributed by atoms with van der Waals surface area (Å²) in [5, 5.41) is 9.85. The molecule has 0 radical (unpaired) electrons. The molecule has 1 saturated carbocycles. The zero-order valence-electron chi connectivity index (χ0n) is 15.9. The lowest BCUT2D eigenvalue weighted by molar-refractivity contribution is -0.119. The Balaban J connectivity index is 1.44. The third-order valence-electron chi connectivity index (χ3n) is 4.66. The van der Waals surface area contributed by atoms with Crippen molar-refractivity contribution >= 4 is 29.3 Å². The summed E-state index contributed by atoms with van der Waals surface area (Å²) in [6.45, 7) is 5.74. The van der Waals surface area contributed by atoms with Crippen molar-refractivity contribution in [3.63, 3.8) is 0 Å². The number of anilines is 1. The molecule has 1 heterocycles. The van der Waals surface area contributed by atoms with Gasteiger partial charge in [-0.25, -0.2) is 0 Å². The number of carbonyl (C=O) groups is 2. The third-order valence-corrected chi connectivity index (χ3v) is 5.62. The fourth-order valence-corrected chi connectivity index (χ4v) is 3.75. The van der Waals surface area contributed by atoms with Crippen LogP contribution in [0.25, 0.3) is 0 Å². The van der Waals surface area contributed by atoms with E-state index in [-0.39, 0.29) is 23.8 Å². The number of carbonyl (C=O) groups excluding carboxylic acids is 2. The van der Waals surface area contributed by atoms with Crippen LogP contribution < -0.4 is 10.6 Å². The van der Waals surface area contributed by atoms with Crippen molar-refractivity contribution < 1.29 is 14.1 Å². The summed E-state index contributed by atoms with van der Waals surface area (Å²) in [5.74, 6) is 2.17. The van der Waals surface area contributed by atoms with Crippen LogP contribution in [0.15, 0.2) is 28.8 Å². The Morgan fingerprint density at radius 1 is 1.26 bits per heavy atom. The molecule has 0 unspecified atom stereocenters. The highest BCUT2D eigenvalue weighted by molar-refractivity contribution is 7.99. The largest absolute Gasteiger partial charge is 0.361 e. The van der Waals surface area contributed by atoms with Gasteiger partial charge in [0.1, 0.15) is 5.76 Å². The van der Waals surface area contributed by atoms with E-state index in [2.05, 4.69) is 15.8 Å². The number of aryl methyl sites for hydroxylation is 2. The molecule has 2 aromatic rings. The Labute approximate surface area is 163 Å². The molecule has 1 aliphatic rings. The van der Waals surface area contributed by atoms with Crippen molar-refractivity contribution in [1.29, 1.82) is 0 Å². The first-order valence-corrected chi connectivity index (χ1v) is 10.3. The van der Waals surface area contributed by atoms with E-state index in [0.717, 1.165) is 41.1 Å². The van der Waals surface area contributed by atoms with E-state index in [4.69, 9.17) is 4.52 Å². The van der Waals surface area contributed by atoms with Crippen molar-refractivity contribution in [3.8, 4) is 0 Å². The lowest BCUT2D eigenvalue weighted by atomic mass is 10.1. The molecular weight excluding hydrogens is 362 g/mol. The Hall–Kier alpha value is -2.28. The monoisotopic (exact) mass is 387 g/mol. The second-order valence-corrected chi connectivity index (χ2v) is 7.96. The average molecular weight is 388 g/mol. The van der Waals surface area contributed by atoms with Gasteiger partial charge in [0, 0.05) is 22.9 Å². The van der Waals surface area contributed by atoms with Crippen molar-refractivity contribution in [2.45, 2.75) is 45.4 Å². The second-order valence-electron chi connectivity index (χ2n) is 6.97. The number of aromatic nitrogens is 1. The van der Waals surface area contributed by atoms with Crippen LogP contribution in [-0.4, -0.2) is 22.7 Å². The van der Waals surface area contributed by atoms with Gasteiger partial charge in [0.05, 0.1) is 17.5 Å². The highest BCUT2D eigenvalue weighted by Gasteiger charge is 2.29. The molecule has 0 spiro atoms. The molecule has 0 saturated heterocycles. The Morgan fingerprint density at radius 2 is 1.96 bits per heavy atom. The fraction of sp³-hybridized carbons (Fsp3) is 0.450. The van der Waals surface area contributed by atoms with Crippen LogP contribution in [0.3, 0.4) is 0 Å². The summed E-state index contributed by atoms with van der Waals surface area (Å²) >= 11 is 1.54. The standard InChI is InChI=1S/C20H25N3O3S/c1-12(15-6-8-17(9-7-15)22-20(25)16-4-5-16)21-19(24)11-27-10-18-13(2)23-26-14(18)3/h6-9,12,16H,4-5,10-11H2,1-3H3,(H,21,24)(H,22,25)/t12-/m1/s1. The molecule has 0 aliphatic heterocycles. The van der Waals surface area contributed by atoms with Crippen LogP contribution in [0.1, 0.15) is 48.4 Å². The highest BCUT2D eigenvalue weighted by atomic mass is 32.2. The van der Waals surface area contributed by atoms with Crippen LogP contribution >= 0.6 is 11.8 Å². The molecule has 1 aromatic carbocycles. The van der Waals surface area contributed by atoms with Gasteiger partial charge in [-0.1, -0.05) is 17.3 Å². The number of rotatable bonds is 8. The SMILES string of the molecule is Cc1noc(C)c1CSCC(=O)N[C@H](C)c1ccc(NC(=O)C2CC2)cc1. The van der Waals surface area contributed by atoms with Gasteiger partial charge in [0.2, 0.25) is 11.8 Å². The minimum Gasteiger partial charge on any atom is -0.361 e. The summed E-state index contributed by atoms with van der Waals surface area (Å²) in [6, 6.07) is 7.54. The summed E-state index contributed by atoms with van der Waals surface area (Å²) in [5.41, 5.74) is 3.74. The van der Waals surface area contributed by atoms with Gasteiger partial charge < -0.3 is 15.2 Å². The van der Waals surface area contributed by atoms with Gasteiger partial charge in [-0.2, -0.15) is 0 Å². The summed E-state index contributed by atoms with van der Waals surface area (Å²) in [7, 11) is 0. The number of benzene rings is 1. The smallest absolute Gasteiger partial charge is 0.230 e. The van der Waals surface area contributed by atoms with Gasteiger partial charge in [0.15, 0.2) is 0 Å². The first kappa shape index (κ1) is 19.5. The molecule has 2 N–H and O–H groups in total. The normalized spacial score (nSPS) is 14.6. The van der Waals surface area contributed by atoms with Gasteiger partial charge in [-0.05, 0) is 51.3 Å². The maximum Gasteiger partial charge on any atom is 0.230 e.